The van der Waals surface area contributed by atoms with Crippen molar-refractivity contribution >= 4 is 18.3 Å². The first kappa shape index (κ1) is 20.0. The van der Waals surface area contributed by atoms with Crippen LogP contribution in [0.5, 0.6) is 5.75 Å². The lowest BCUT2D eigenvalue weighted by molar-refractivity contribution is -0.143. The highest BCUT2D eigenvalue weighted by Gasteiger charge is 2.59. The van der Waals surface area contributed by atoms with Gasteiger partial charge in [-0.15, -0.1) is 12.4 Å². The van der Waals surface area contributed by atoms with Gasteiger partial charge in [0.05, 0.1) is 13.7 Å². The van der Waals surface area contributed by atoms with Crippen molar-refractivity contribution in [3.05, 3.63) is 29.3 Å². The van der Waals surface area contributed by atoms with Crippen LogP contribution in [0.4, 0.5) is 0 Å². The predicted octanol–water partition coefficient (Wildman–Crippen LogP) is 2.90. The van der Waals surface area contributed by atoms with Crippen LogP contribution in [0.2, 0.25) is 0 Å². The van der Waals surface area contributed by atoms with Crippen LogP contribution in [0.15, 0.2) is 18.2 Å². The second-order valence-electron chi connectivity index (χ2n) is 8.78. The van der Waals surface area contributed by atoms with Gasteiger partial charge in [-0.05, 0) is 68.7 Å². The topological polar surface area (TPSA) is 50.8 Å². The number of nitrogens with zero attached hydrogens (tertiary/aromatic N) is 1. The Morgan fingerprint density at radius 1 is 1.21 bits per heavy atom. The van der Waals surface area contributed by atoms with Crippen molar-refractivity contribution < 1.29 is 14.3 Å². The Bertz CT molecular complexity index is 725. The average Bonchev–Trinajstić information content (AvgIpc) is 3.41. The molecule has 1 amide bonds. The van der Waals surface area contributed by atoms with Gasteiger partial charge in [0.25, 0.3) is 0 Å². The molecule has 3 fully saturated rings. The fourth-order valence-electron chi connectivity index (χ4n) is 5.78. The molecule has 154 valence electrons. The number of amides is 1. The largest absolute Gasteiger partial charge is 0.496 e. The van der Waals surface area contributed by atoms with Crippen molar-refractivity contribution in [3.63, 3.8) is 0 Å². The van der Waals surface area contributed by atoms with Gasteiger partial charge in [0.2, 0.25) is 5.91 Å². The van der Waals surface area contributed by atoms with E-state index in [0.717, 1.165) is 77.1 Å². The Morgan fingerprint density at radius 2 is 1.96 bits per heavy atom. The first-order valence-corrected chi connectivity index (χ1v) is 10.5. The molecule has 2 saturated heterocycles. The molecule has 6 heteroatoms. The Balaban J connectivity index is 0.00000192. The van der Waals surface area contributed by atoms with E-state index in [1.807, 2.05) is 6.07 Å². The normalized spacial score (nSPS) is 27.0. The monoisotopic (exact) mass is 406 g/mol. The summed E-state index contributed by atoms with van der Waals surface area (Å²) >= 11 is 0. The summed E-state index contributed by atoms with van der Waals surface area (Å²) in [5.74, 6) is 1.59. The summed E-state index contributed by atoms with van der Waals surface area (Å²) in [5, 5.41) is 3.43. The van der Waals surface area contributed by atoms with Gasteiger partial charge >= 0.3 is 0 Å². The molecule has 0 radical (unpaired) electrons. The molecule has 1 saturated carbocycles. The SMILES string of the molecule is COc1cccc2c1C1(CCN(C(=O)C3CC34CCNCC4)CC1)OCC2.Cl. The molecule has 1 aromatic rings. The molecule has 1 aromatic carbocycles. The fourth-order valence-corrected chi connectivity index (χ4v) is 5.78. The van der Waals surface area contributed by atoms with Crippen molar-refractivity contribution in [2.24, 2.45) is 11.3 Å². The molecule has 3 heterocycles. The van der Waals surface area contributed by atoms with Crippen LogP contribution in [-0.4, -0.2) is 50.7 Å². The number of carbonyl (C=O) groups is 1. The Morgan fingerprint density at radius 3 is 2.68 bits per heavy atom. The third kappa shape index (κ3) is 3.12. The van der Waals surface area contributed by atoms with Crippen LogP contribution < -0.4 is 10.1 Å². The standard InChI is InChI=1S/C22H30N2O3.ClH/c1-26-18-4-2-3-16-5-14-27-22(19(16)18)8-12-24(13-9-22)20(25)17-15-21(17)6-10-23-11-7-21;/h2-4,17,23H,5-15H2,1H3;1H. The molecule has 5 nitrogen and oxygen atoms in total. The van der Waals surface area contributed by atoms with Crippen molar-refractivity contribution in [2.75, 3.05) is 39.9 Å². The number of hydrogen-bond donors (Lipinski definition) is 1. The van der Waals surface area contributed by atoms with Crippen molar-refractivity contribution in [2.45, 2.75) is 44.1 Å². The molecule has 0 bridgehead atoms. The zero-order chi connectivity index (χ0) is 18.5. The van der Waals surface area contributed by atoms with Gasteiger partial charge in [-0.1, -0.05) is 12.1 Å². The smallest absolute Gasteiger partial charge is 0.226 e. The molecule has 1 atom stereocenters. The van der Waals surface area contributed by atoms with E-state index in [2.05, 4.69) is 22.3 Å². The number of likely N-dealkylation sites (tertiary alicyclic amines) is 1. The molecule has 5 rings (SSSR count). The quantitative estimate of drug-likeness (QED) is 0.820. The van der Waals surface area contributed by atoms with E-state index in [0.29, 0.717) is 11.3 Å². The van der Waals surface area contributed by atoms with E-state index in [-0.39, 0.29) is 23.9 Å². The number of hydrogen-bond acceptors (Lipinski definition) is 4. The van der Waals surface area contributed by atoms with Gasteiger partial charge in [0, 0.05) is 24.6 Å². The van der Waals surface area contributed by atoms with E-state index >= 15 is 0 Å². The van der Waals surface area contributed by atoms with Crippen LogP contribution in [0.3, 0.4) is 0 Å². The Labute approximate surface area is 173 Å². The van der Waals surface area contributed by atoms with Crippen LogP contribution in [0.1, 0.15) is 43.2 Å². The molecule has 1 N–H and O–H groups in total. The molecule has 4 aliphatic rings. The van der Waals surface area contributed by atoms with E-state index in [9.17, 15) is 4.79 Å². The van der Waals surface area contributed by atoms with Crippen molar-refractivity contribution in [1.29, 1.82) is 0 Å². The summed E-state index contributed by atoms with van der Waals surface area (Å²) < 4.78 is 12.0. The number of methoxy groups -OCH3 is 1. The number of benzene rings is 1. The summed E-state index contributed by atoms with van der Waals surface area (Å²) in [6, 6.07) is 6.31. The maximum Gasteiger partial charge on any atom is 0.226 e. The third-order valence-corrected chi connectivity index (χ3v) is 7.51. The van der Waals surface area contributed by atoms with Crippen molar-refractivity contribution in [3.8, 4) is 5.75 Å². The second kappa shape index (κ2) is 7.51. The van der Waals surface area contributed by atoms with Crippen LogP contribution >= 0.6 is 12.4 Å². The molecule has 28 heavy (non-hydrogen) atoms. The second-order valence-corrected chi connectivity index (χ2v) is 8.78. The molecule has 1 unspecified atom stereocenters. The summed E-state index contributed by atoms with van der Waals surface area (Å²) in [6.07, 6.45) is 6.10. The number of rotatable bonds is 2. The van der Waals surface area contributed by atoms with Gasteiger partial charge in [0.15, 0.2) is 0 Å². The lowest BCUT2D eigenvalue weighted by Crippen LogP contribution is -2.49. The van der Waals surface area contributed by atoms with E-state index < -0.39 is 0 Å². The average molecular weight is 407 g/mol. The molecule has 0 aromatic heterocycles. The van der Waals surface area contributed by atoms with Gasteiger partial charge < -0.3 is 19.7 Å². The minimum Gasteiger partial charge on any atom is -0.496 e. The highest BCUT2D eigenvalue weighted by molar-refractivity contribution is 5.85. The number of fused-ring (bicyclic) bond motifs is 2. The zero-order valence-electron chi connectivity index (χ0n) is 16.7. The highest BCUT2D eigenvalue weighted by atomic mass is 35.5. The molecular formula is C22H31ClN2O3. The molecular weight excluding hydrogens is 376 g/mol. The van der Waals surface area contributed by atoms with Gasteiger partial charge in [0.1, 0.15) is 11.4 Å². The number of halogens is 1. The van der Waals surface area contributed by atoms with E-state index in [1.54, 1.807) is 7.11 Å². The van der Waals surface area contributed by atoms with Crippen molar-refractivity contribution in [1.82, 2.24) is 10.2 Å². The minimum absolute atomic E-state index is 0. The van der Waals surface area contributed by atoms with Gasteiger partial charge in [-0.2, -0.15) is 0 Å². The summed E-state index contributed by atoms with van der Waals surface area (Å²) in [6.45, 7) is 4.48. The lowest BCUT2D eigenvalue weighted by Gasteiger charge is -2.45. The number of ether oxygens (including phenoxy) is 2. The maximum atomic E-state index is 13.1. The van der Waals surface area contributed by atoms with Gasteiger partial charge in [-0.3, -0.25) is 4.79 Å². The Hall–Kier alpha value is -1.30. The minimum atomic E-state index is -0.285. The number of piperidine rings is 2. The maximum absolute atomic E-state index is 13.1. The zero-order valence-corrected chi connectivity index (χ0v) is 17.5. The first-order valence-electron chi connectivity index (χ1n) is 10.5. The first-order chi connectivity index (χ1) is 13.2. The summed E-state index contributed by atoms with van der Waals surface area (Å²) in [5.41, 5.74) is 2.60. The van der Waals surface area contributed by atoms with Crippen LogP contribution in [-0.2, 0) is 21.6 Å². The van der Waals surface area contributed by atoms with E-state index in [1.165, 1.54) is 11.1 Å². The summed E-state index contributed by atoms with van der Waals surface area (Å²) in [7, 11) is 1.74. The predicted molar refractivity (Wildman–Crippen MR) is 110 cm³/mol. The third-order valence-electron chi connectivity index (χ3n) is 7.51. The number of nitrogens with one attached hydrogen (secondary N) is 1. The van der Waals surface area contributed by atoms with E-state index in [4.69, 9.17) is 9.47 Å². The van der Waals surface area contributed by atoms with Crippen LogP contribution in [0.25, 0.3) is 0 Å². The highest BCUT2D eigenvalue weighted by Crippen LogP contribution is 2.59. The fraction of sp³-hybridized carbons (Fsp3) is 0.682. The number of carbonyl (C=O) groups excluding carboxylic acids is 1. The lowest BCUT2D eigenvalue weighted by atomic mass is 9.78. The molecule has 1 aliphatic carbocycles. The van der Waals surface area contributed by atoms with Gasteiger partial charge in [-0.25, -0.2) is 0 Å². The Kier molecular flexibility index (Phi) is 5.36. The van der Waals surface area contributed by atoms with Crippen LogP contribution in [0, 0.1) is 11.3 Å². The molecule has 2 spiro atoms. The molecule has 3 aliphatic heterocycles. The summed E-state index contributed by atoms with van der Waals surface area (Å²) in [4.78, 5) is 15.2.